The highest BCUT2D eigenvalue weighted by atomic mass is 16.1. The van der Waals surface area contributed by atoms with Crippen LogP contribution in [0, 0.1) is 28.6 Å². The number of rotatable bonds is 1. The minimum Gasteiger partial charge on any atom is -0.303 e. The molecular formula is C10H12O. The third-order valence-corrected chi connectivity index (χ3v) is 5.47. The Bertz CT molecular complexity index is 243. The van der Waals surface area contributed by atoms with Gasteiger partial charge in [-0.1, -0.05) is 0 Å². The second kappa shape index (κ2) is 1.10. The topological polar surface area (TPSA) is 17.1 Å². The van der Waals surface area contributed by atoms with E-state index in [0.717, 1.165) is 17.8 Å². The SMILES string of the molecule is O=CC12CC3CC4CC(C1)C432. The molecule has 0 heterocycles. The molecule has 4 rings (SSSR count). The van der Waals surface area contributed by atoms with Gasteiger partial charge in [0.05, 0.1) is 0 Å². The molecule has 4 aliphatic carbocycles. The summed E-state index contributed by atoms with van der Waals surface area (Å²) in [5.41, 5.74) is 0.873. The molecule has 0 amide bonds. The van der Waals surface area contributed by atoms with E-state index in [1.54, 1.807) is 0 Å². The van der Waals surface area contributed by atoms with Crippen LogP contribution in [0.4, 0.5) is 0 Å². The Labute approximate surface area is 66.2 Å². The monoisotopic (exact) mass is 148 g/mol. The third kappa shape index (κ3) is 0.250. The molecule has 0 radical (unpaired) electrons. The molecule has 1 nitrogen and oxygen atoms in total. The summed E-state index contributed by atoms with van der Waals surface area (Å²) in [6.45, 7) is 0. The smallest absolute Gasteiger partial charge is 0.126 e. The average Bonchev–Trinajstić information content (AvgIpc) is 1.81. The number of carbonyl (C=O) groups excluding carboxylic acids is 1. The normalized spacial score (nSPS) is 74.0. The first-order valence-corrected chi connectivity index (χ1v) is 4.80. The second-order valence-electron chi connectivity index (χ2n) is 5.18. The van der Waals surface area contributed by atoms with Gasteiger partial charge in [-0.15, -0.1) is 0 Å². The molecule has 1 spiro atoms. The van der Waals surface area contributed by atoms with Crippen LogP contribution in [0.3, 0.4) is 0 Å². The fourth-order valence-corrected chi connectivity index (χ4v) is 5.22. The van der Waals surface area contributed by atoms with E-state index in [1.807, 2.05) is 0 Å². The molecule has 4 saturated carbocycles. The Balaban J connectivity index is 1.86. The van der Waals surface area contributed by atoms with Gasteiger partial charge in [-0.25, -0.2) is 0 Å². The zero-order valence-corrected chi connectivity index (χ0v) is 6.55. The summed E-state index contributed by atoms with van der Waals surface area (Å²) in [5.74, 6) is 2.97. The minimum atomic E-state index is 0.240. The molecule has 58 valence electrons. The third-order valence-electron chi connectivity index (χ3n) is 5.47. The molecule has 0 N–H and O–H groups in total. The van der Waals surface area contributed by atoms with Crippen LogP contribution in [-0.2, 0) is 4.79 Å². The van der Waals surface area contributed by atoms with Crippen molar-refractivity contribution >= 4 is 6.29 Å². The van der Waals surface area contributed by atoms with Crippen LogP contribution in [-0.4, -0.2) is 6.29 Å². The number of hydrogen-bond acceptors (Lipinski definition) is 1. The highest BCUT2D eigenvalue weighted by molar-refractivity contribution is 5.69. The quantitative estimate of drug-likeness (QED) is 0.516. The maximum absolute atomic E-state index is 10.9. The molecule has 0 aromatic rings. The molecule has 0 aromatic heterocycles. The Morgan fingerprint density at radius 2 is 1.73 bits per heavy atom. The van der Waals surface area contributed by atoms with Crippen LogP contribution < -0.4 is 0 Å². The van der Waals surface area contributed by atoms with Crippen molar-refractivity contribution in [2.24, 2.45) is 28.6 Å². The lowest BCUT2D eigenvalue weighted by atomic mass is 9.13. The van der Waals surface area contributed by atoms with Crippen LogP contribution in [0.5, 0.6) is 0 Å². The van der Waals surface area contributed by atoms with Crippen LogP contribution >= 0.6 is 0 Å². The van der Waals surface area contributed by atoms with E-state index in [0.29, 0.717) is 5.41 Å². The Kier molecular flexibility index (Phi) is 0.535. The predicted octanol–water partition coefficient (Wildman–Crippen LogP) is 1.62. The molecule has 2 unspecified atom stereocenters. The summed E-state index contributed by atoms with van der Waals surface area (Å²) in [7, 11) is 0. The summed E-state index contributed by atoms with van der Waals surface area (Å²) >= 11 is 0. The van der Waals surface area contributed by atoms with Crippen molar-refractivity contribution in [3.05, 3.63) is 0 Å². The van der Waals surface area contributed by atoms with Crippen LogP contribution in [0.2, 0.25) is 0 Å². The van der Waals surface area contributed by atoms with E-state index in [-0.39, 0.29) is 5.41 Å². The molecule has 2 atom stereocenters. The fraction of sp³-hybridized carbons (Fsp3) is 0.900. The van der Waals surface area contributed by atoms with Gasteiger partial charge in [0.2, 0.25) is 0 Å². The maximum atomic E-state index is 10.9. The maximum Gasteiger partial charge on any atom is 0.126 e. The largest absolute Gasteiger partial charge is 0.303 e. The first-order chi connectivity index (χ1) is 5.33. The van der Waals surface area contributed by atoms with Crippen LogP contribution in [0.1, 0.15) is 25.7 Å². The number of carbonyl (C=O) groups is 1. The fourth-order valence-electron chi connectivity index (χ4n) is 5.22. The Morgan fingerprint density at radius 1 is 1.09 bits per heavy atom. The number of hydrogen-bond donors (Lipinski definition) is 0. The first-order valence-electron chi connectivity index (χ1n) is 4.80. The summed E-state index contributed by atoms with van der Waals surface area (Å²) in [6, 6.07) is 0. The summed E-state index contributed by atoms with van der Waals surface area (Å²) < 4.78 is 0. The van der Waals surface area contributed by atoms with Crippen LogP contribution in [0.15, 0.2) is 0 Å². The molecule has 0 aromatic carbocycles. The molecule has 4 fully saturated rings. The highest BCUT2D eigenvalue weighted by Gasteiger charge is 2.87. The van der Waals surface area contributed by atoms with Crippen molar-refractivity contribution in [3.8, 4) is 0 Å². The molecule has 4 aliphatic rings. The van der Waals surface area contributed by atoms with E-state index in [4.69, 9.17) is 0 Å². The van der Waals surface area contributed by atoms with Crippen molar-refractivity contribution in [1.82, 2.24) is 0 Å². The van der Waals surface area contributed by atoms with Crippen LogP contribution in [0.25, 0.3) is 0 Å². The van der Waals surface area contributed by atoms with Gasteiger partial charge in [0, 0.05) is 5.41 Å². The molecule has 1 heteroatoms. The van der Waals surface area contributed by atoms with Gasteiger partial charge in [0.25, 0.3) is 0 Å². The Morgan fingerprint density at radius 3 is 2.00 bits per heavy atom. The van der Waals surface area contributed by atoms with E-state index in [1.165, 1.54) is 32.0 Å². The van der Waals surface area contributed by atoms with E-state index < -0.39 is 0 Å². The van der Waals surface area contributed by atoms with Crippen molar-refractivity contribution in [2.45, 2.75) is 25.7 Å². The zero-order valence-electron chi connectivity index (χ0n) is 6.55. The minimum absolute atomic E-state index is 0.240. The highest BCUT2D eigenvalue weighted by Crippen LogP contribution is 2.92. The van der Waals surface area contributed by atoms with Crippen molar-refractivity contribution in [3.63, 3.8) is 0 Å². The van der Waals surface area contributed by atoms with Gasteiger partial charge < -0.3 is 4.79 Å². The van der Waals surface area contributed by atoms with E-state index in [2.05, 4.69) is 0 Å². The molecule has 0 bridgehead atoms. The molecule has 11 heavy (non-hydrogen) atoms. The summed E-state index contributed by atoms with van der Waals surface area (Å²) in [5, 5.41) is 0. The van der Waals surface area contributed by atoms with Gasteiger partial charge in [0.15, 0.2) is 0 Å². The Hall–Kier alpha value is -0.330. The molecule has 0 aliphatic heterocycles. The van der Waals surface area contributed by atoms with E-state index >= 15 is 0 Å². The lowest BCUT2D eigenvalue weighted by Crippen LogP contribution is -2.85. The van der Waals surface area contributed by atoms with Crippen molar-refractivity contribution < 1.29 is 4.79 Å². The first kappa shape index (κ1) is 5.34. The zero-order chi connectivity index (χ0) is 7.27. The van der Waals surface area contributed by atoms with Crippen molar-refractivity contribution in [1.29, 1.82) is 0 Å². The number of aldehydes is 1. The lowest BCUT2D eigenvalue weighted by molar-refractivity contribution is -0.409. The summed E-state index contributed by atoms with van der Waals surface area (Å²) in [4.78, 5) is 10.9. The predicted molar refractivity (Wildman–Crippen MR) is 39.9 cm³/mol. The standard InChI is InChI=1S/C10H12O/c11-5-9-3-7-1-6-2-8(4-9)10(6,7)9/h5-8H,1-4H2. The lowest BCUT2D eigenvalue weighted by Gasteiger charge is -2.90. The summed E-state index contributed by atoms with van der Waals surface area (Å²) in [6.07, 6.45) is 6.73. The molecule has 0 saturated heterocycles. The van der Waals surface area contributed by atoms with Crippen molar-refractivity contribution in [2.75, 3.05) is 0 Å². The van der Waals surface area contributed by atoms with E-state index in [9.17, 15) is 4.79 Å². The average molecular weight is 148 g/mol. The van der Waals surface area contributed by atoms with Gasteiger partial charge in [-0.3, -0.25) is 0 Å². The van der Waals surface area contributed by atoms with Gasteiger partial charge in [-0.2, -0.15) is 0 Å². The van der Waals surface area contributed by atoms with Gasteiger partial charge >= 0.3 is 0 Å². The van der Waals surface area contributed by atoms with Gasteiger partial charge in [0.1, 0.15) is 6.29 Å². The second-order valence-corrected chi connectivity index (χ2v) is 5.18. The molecular weight excluding hydrogens is 136 g/mol. The van der Waals surface area contributed by atoms with Gasteiger partial charge in [-0.05, 0) is 48.9 Å².